The van der Waals surface area contributed by atoms with Gasteiger partial charge in [-0.05, 0) is 18.6 Å². The number of para-hydroxylation sites is 1. The van der Waals surface area contributed by atoms with Gasteiger partial charge in [-0.2, -0.15) is 0 Å². The van der Waals surface area contributed by atoms with Crippen molar-refractivity contribution in [3.63, 3.8) is 0 Å². The molecule has 1 aromatic carbocycles. The zero-order valence-corrected chi connectivity index (χ0v) is 15.2. The second-order valence-corrected chi connectivity index (χ2v) is 6.82. The Morgan fingerprint density at radius 2 is 1.96 bits per heavy atom. The van der Waals surface area contributed by atoms with Crippen LogP contribution in [0.25, 0.3) is 10.9 Å². The van der Waals surface area contributed by atoms with Gasteiger partial charge in [-0.1, -0.05) is 18.2 Å². The van der Waals surface area contributed by atoms with E-state index in [1.165, 1.54) is 0 Å². The maximum Gasteiger partial charge on any atom is 0.254 e. The predicted octanol–water partition coefficient (Wildman–Crippen LogP) is 1.99. The summed E-state index contributed by atoms with van der Waals surface area (Å²) in [6, 6.07) is 9.58. The van der Waals surface area contributed by atoms with Crippen molar-refractivity contribution >= 4 is 28.5 Å². The van der Waals surface area contributed by atoms with Crippen LogP contribution in [0.15, 0.2) is 30.3 Å². The maximum absolute atomic E-state index is 13.2. The number of pyridine rings is 1. The molecule has 6 nitrogen and oxygen atoms in total. The molecule has 1 fully saturated rings. The van der Waals surface area contributed by atoms with Gasteiger partial charge in [-0.15, -0.1) is 0 Å². The predicted molar refractivity (Wildman–Crippen MR) is 98.8 cm³/mol. The fourth-order valence-corrected chi connectivity index (χ4v) is 3.23. The SMILES string of the molecule is CN1C[C@@H](N(C)C(=O)c2cc(N(C)C)nc3ccccc23)CCC1=O. The smallest absolute Gasteiger partial charge is 0.254 e. The second-order valence-electron chi connectivity index (χ2n) is 6.82. The molecule has 0 saturated carbocycles. The minimum Gasteiger partial charge on any atom is -0.363 e. The fourth-order valence-electron chi connectivity index (χ4n) is 3.23. The van der Waals surface area contributed by atoms with Crippen molar-refractivity contribution in [2.24, 2.45) is 0 Å². The molecule has 1 atom stereocenters. The van der Waals surface area contributed by atoms with E-state index < -0.39 is 0 Å². The number of rotatable bonds is 3. The van der Waals surface area contributed by atoms with Crippen LogP contribution in [-0.2, 0) is 4.79 Å². The Labute approximate surface area is 148 Å². The minimum atomic E-state index is -0.0329. The van der Waals surface area contributed by atoms with Crippen LogP contribution >= 0.6 is 0 Å². The zero-order chi connectivity index (χ0) is 18.1. The van der Waals surface area contributed by atoms with Crippen LogP contribution in [0.5, 0.6) is 0 Å². The lowest BCUT2D eigenvalue weighted by atomic mass is 10.0. The van der Waals surface area contributed by atoms with E-state index in [2.05, 4.69) is 4.98 Å². The zero-order valence-electron chi connectivity index (χ0n) is 15.2. The summed E-state index contributed by atoms with van der Waals surface area (Å²) in [5, 5.41) is 0.852. The Morgan fingerprint density at radius 3 is 2.64 bits per heavy atom. The molecule has 3 rings (SSSR count). The number of nitrogens with zero attached hydrogens (tertiary/aromatic N) is 4. The van der Waals surface area contributed by atoms with Gasteiger partial charge in [-0.25, -0.2) is 4.98 Å². The molecule has 1 aliphatic heterocycles. The summed E-state index contributed by atoms with van der Waals surface area (Å²) >= 11 is 0. The van der Waals surface area contributed by atoms with Gasteiger partial charge in [0.25, 0.3) is 5.91 Å². The Morgan fingerprint density at radius 1 is 1.24 bits per heavy atom. The minimum absolute atomic E-state index is 0.0323. The first-order valence-corrected chi connectivity index (χ1v) is 8.46. The molecule has 2 aromatic rings. The van der Waals surface area contributed by atoms with Gasteiger partial charge >= 0.3 is 0 Å². The molecular weight excluding hydrogens is 316 g/mol. The Bertz CT molecular complexity index is 818. The Hall–Kier alpha value is -2.63. The van der Waals surface area contributed by atoms with Crippen LogP contribution in [0.1, 0.15) is 23.2 Å². The first-order chi connectivity index (χ1) is 11.9. The lowest BCUT2D eigenvalue weighted by Gasteiger charge is -2.35. The molecule has 0 spiro atoms. The van der Waals surface area contributed by atoms with Crippen molar-refractivity contribution in [2.45, 2.75) is 18.9 Å². The topological polar surface area (TPSA) is 56.8 Å². The van der Waals surface area contributed by atoms with Crippen LogP contribution in [0.4, 0.5) is 5.82 Å². The average Bonchev–Trinajstić information content (AvgIpc) is 2.61. The number of likely N-dealkylation sites (N-methyl/N-ethyl adjacent to an activating group) is 2. The number of aromatic nitrogens is 1. The lowest BCUT2D eigenvalue weighted by Crippen LogP contribution is -2.49. The normalized spacial score (nSPS) is 17.7. The van der Waals surface area contributed by atoms with E-state index in [9.17, 15) is 9.59 Å². The number of amides is 2. The van der Waals surface area contributed by atoms with Crippen molar-refractivity contribution in [3.8, 4) is 0 Å². The van der Waals surface area contributed by atoms with E-state index >= 15 is 0 Å². The first kappa shape index (κ1) is 17.2. The largest absolute Gasteiger partial charge is 0.363 e. The summed E-state index contributed by atoms with van der Waals surface area (Å²) in [6.07, 6.45) is 1.19. The van der Waals surface area contributed by atoms with Crippen LogP contribution in [0.3, 0.4) is 0 Å². The number of carbonyl (C=O) groups excluding carboxylic acids is 2. The maximum atomic E-state index is 13.2. The van der Waals surface area contributed by atoms with Gasteiger partial charge in [-0.3, -0.25) is 9.59 Å². The van der Waals surface area contributed by atoms with Crippen molar-refractivity contribution in [1.82, 2.24) is 14.8 Å². The van der Waals surface area contributed by atoms with Crippen molar-refractivity contribution in [2.75, 3.05) is 39.6 Å². The van der Waals surface area contributed by atoms with Gasteiger partial charge < -0.3 is 14.7 Å². The molecule has 132 valence electrons. The molecule has 1 aliphatic rings. The molecule has 0 N–H and O–H groups in total. The molecule has 1 saturated heterocycles. The van der Waals surface area contributed by atoms with Crippen LogP contribution in [0, 0.1) is 0 Å². The summed E-state index contributed by atoms with van der Waals surface area (Å²) in [7, 11) is 7.44. The molecule has 6 heteroatoms. The third-order valence-corrected chi connectivity index (χ3v) is 4.86. The van der Waals surface area contributed by atoms with E-state index in [1.807, 2.05) is 56.4 Å². The van der Waals surface area contributed by atoms with Crippen molar-refractivity contribution in [3.05, 3.63) is 35.9 Å². The summed E-state index contributed by atoms with van der Waals surface area (Å²) < 4.78 is 0. The van der Waals surface area contributed by atoms with E-state index in [4.69, 9.17) is 0 Å². The van der Waals surface area contributed by atoms with E-state index in [-0.39, 0.29) is 17.9 Å². The Kier molecular flexibility index (Phi) is 4.61. The third kappa shape index (κ3) is 3.29. The summed E-state index contributed by atoms with van der Waals surface area (Å²) in [5.41, 5.74) is 1.46. The summed E-state index contributed by atoms with van der Waals surface area (Å²) in [5.74, 6) is 0.863. The van der Waals surface area contributed by atoms with E-state index in [0.717, 1.165) is 16.7 Å². The van der Waals surface area contributed by atoms with Gasteiger partial charge in [0.2, 0.25) is 5.91 Å². The molecule has 0 radical (unpaired) electrons. The van der Waals surface area contributed by atoms with Crippen LogP contribution in [-0.4, -0.2) is 67.4 Å². The summed E-state index contributed by atoms with van der Waals surface area (Å²) in [6.45, 7) is 0.574. The molecular formula is C19H24N4O2. The van der Waals surface area contributed by atoms with Gasteiger partial charge in [0.05, 0.1) is 11.1 Å². The fraction of sp³-hybridized carbons (Fsp3) is 0.421. The number of hydrogen-bond acceptors (Lipinski definition) is 4. The van der Waals surface area contributed by atoms with Gasteiger partial charge in [0, 0.05) is 52.6 Å². The monoisotopic (exact) mass is 340 g/mol. The first-order valence-electron chi connectivity index (χ1n) is 8.46. The van der Waals surface area contributed by atoms with Gasteiger partial charge in [0.15, 0.2) is 0 Å². The standard InChI is InChI=1S/C19H24N4O2/c1-21(2)17-11-15(14-7-5-6-8-16(14)20-17)19(25)23(4)13-9-10-18(24)22(3)12-13/h5-8,11,13H,9-10,12H2,1-4H3/t13-/m0/s1. The number of hydrogen-bond donors (Lipinski definition) is 0. The number of anilines is 1. The molecule has 0 unspecified atom stereocenters. The Balaban J connectivity index is 1.97. The highest BCUT2D eigenvalue weighted by molar-refractivity contribution is 6.07. The highest BCUT2D eigenvalue weighted by Crippen LogP contribution is 2.25. The number of fused-ring (bicyclic) bond motifs is 1. The number of likely N-dealkylation sites (tertiary alicyclic amines) is 1. The highest BCUT2D eigenvalue weighted by atomic mass is 16.2. The van der Waals surface area contributed by atoms with Crippen molar-refractivity contribution < 1.29 is 9.59 Å². The number of piperidine rings is 1. The lowest BCUT2D eigenvalue weighted by molar-refractivity contribution is -0.133. The molecule has 2 heterocycles. The van der Waals surface area contributed by atoms with Crippen LogP contribution in [0.2, 0.25) is 0 Å². The van der Waals surface area contributed by atoms with Crippen LogP contribution < -0.4 is 4.90 Å². The van der Waals surface area contributed by atoms with Crippen molar-refractivity contribution in [1.29, 1.82) is 0 Å². The van der Waals surface area contributed by atoms with Gasteiger partial charge in [0.1, 0.15) is 5.82 Å². The second kappa shape index (κ2) is 6.70. The van der Waals surface area contributed by atoms with E-state index in [0.29, 0.717) is 24.9 Å². The quantitative estimate of drug-likeness (QED) is 0.857. The molecule has 25 heavy (non-hydrogen) atoms. The van der Waals surface area contributed by atoms with E-state index in [1.54, 1.807) is 16.8 Å². The average molecular weight is 340 g/mol. The summed E-state index contributed by atoms with van der Waals surface area (Å²) in [4.78, 5) is 34.9. The highest BCUT2D eigenvalue weighted by Gasteiger charge is 2.29. The third-order valence-electron chi connectivity index (χ3n) is 4.86. The number of carbonyl (C=O) groups is 2. The molecule has 2 amide bonds. The molecule has 0 bridgehead atoms. The number of benzene rings is 1. The molecule has 0 aliphatic carbocycles. The molecule has 1 aromatic heterocycles.